The first-order chi connectivity index (χ1) is 7.13. The van der Waals surface area contributed by atoms with E-state index in [9.17, 15) is 18.1 Å². The van der Waals surface area contributed by atoms with Crippen LogP contribution in [0.15, 0.2) is 18.2 Å². The Morgan fingerprint density at radius 2 is 2.07 bits per heavy atom. The van der Waals surface area contributed by atoms with E-state index in [0.29, 0.717) is 0 Å². The van der Waals surface area contributed by atoms with Crippen molar-refractivity contribution >= 4 is 16.9 Å². The van der Waals surface area contributed by atoms with Crippen LogP contribution in [0.25, 0.3) is 10.9 Å². The first kappa shape index (κ1) is 9.57. The lowest BCUT2D eigenvalue weighted by molar-refractivity contribution is -0.0792. The maximum Gasteiger partial charge on any atom is 0.395 e. The SMILES string of the molecule is O=C(OF)c1cc2c(F)c(F)ccc2[nH]1. The highest BCUT2D eigenvalue weighted by atomic mass is 19.3. The van der Waals surface area contributed by atoms with Gasteiger partial charge in [0.05, 0.1) is 0 Å². The molecule has 3 nitrogen and oxygen atoms in total. The van der Waals surface area contributed by atoms with Crippen LogP contribution in [-0.4, -0.2) is 11.0 Å². The van der Waals surface area contributed by atoms with E-state index < -0.39 is 17.6 Å². The molecule has 0 aliphatic carbocycles. The molecule has 0 bridgehead atoms. The van der Waals surface area contributed by atoms with Gasteiger partial charge in [0.2, 0.25) is 0 Å². The molecular weight excluding hydrogens is 211 g/mol. The zero-order chi connectivity index (χ0) is 11.0. The minimum absolute atomic E-state index is 0.129. The quantitative estimate of drug-likeness (QED) is 0.793. The predicted molar refractivity (Wildman–Crippen MR) is 44.7 cm³/mol. The van der Waals surface area contributed by atoms with Crippen LogP contribution in [-0.2, 0) is 4.94 Å². The number of H-pyrrole nitrogens is 1. The Morgan fingerprint density at radius 3 is 2.73 bits per heavy atom. The first-order valence-electron chi connectivity index (χ1n) is 3.93. The van der Waals surface area contributed by atoms with Gasteiger partial charge >= 0.3 is 5.97 Å². The molecule has 1 aromatic heterocycles. The molecule has 1 aromatic carbocycles. The summed E-state index contributed by atoms with van der Waals surface area (Å²) in [6.07, 6.45) is 0. The molecule has 2 rings (SSSR count). The van der Waals surface area contributed by atoms with Crippen LogP contribution in [0.1, 0.15) is 10.5 Å². The van der Waals surface area contributed by atoms with Gasteiger partial charge in [0.15, 0.2) is 11.6 Å². The third-order valence-electron chi connectivity index (χ3n) is 1.98. The number of nitrogens with one attached hydrogen (secondary N) is 1. The van der Waals surface area contributed by atoms with E-state index in [1.54, 1.807) is 0 Å². The van der Waals surface area contributed by atoms with Gasteiger partial charge in [-0.2, -0.15) is 0 Å². The largest absolute Gasteiger partial charge is 0.395 e. The standard InChI is InChI=1S/C9H4F3NO2/c10-5-1-2-6-4(8(5)11)3-7(13-6)9(14)15-12/h1-3,13H. The summed E-state index contributed by atoms with van der Waals surface area (Å²) in [6, 6.07) is 3.12. The van der Waals surface area contributed by atoms with Gasteiger partial charge in [-0.05, 0) is 18.2 Å². The number of aromatic amines is 1. The Balaban J connectivity index is 2.66. The maximum absolute atomic E-state index is 13.1. The number of aromatic nitrogens is 1. The molecule has 2 aromatic rings. The van der Waals surface area contributed by atoms with Gasteiger partial charge in [-0.25, -0.2) is 18.5 Å². The van der Waals surface area contributed by atoms with E-state index in [0.717, 1.165) is 12.1 Å². The highest BCUT2D eigenvalue weighted by Crippen LogP contribution is 2.21. The highest BCUT2D eigenvalue weighted by molar-refractivity contribution is 5.94. The molecule has 0 spiro atoms. The molecule has 0 aliphatic heterocycles. The zero-order valence-electron chi connectivity index (χ0n) is 7.18. The van der Waals surface area contributed by atoms with Gasteiger partial charge in [0.1, 0.15) is 5.69 Å². The number of hydrogen-bond donors (Lipinski definition) is 1. The van der Waals surface area contributed by atoms with Gasteiger partial charge in [-0.1, -0.05) is 0 Å². The molecule has 0 saturated heterocycles. The summed E-state index contributed by atoms with van der Waals surface area (Å²) in [5.41, 5.74) is -0.0914. The Morgan fingerprint density at radius 1 is 1.33 bits per heavy atom. The average molecular weight is 215 g/mol. The Hall–Kier alpha value is -1.98. The summed E-state index contributed by atoms with van der Waals surface area (Å²) < 4.78 is 37.4. The van der Waals surface area contributed by atoms with Gasteiger partial charge < -0.3 is 4.98 Å². The van der Waals surface area contributed by atoms with Crippen molar-refractivity contribution in [2.24, 2.45) is 0 Å². The number of benzene rings is 1. The third kappa shape index (κ3) is 1.43. The number of carbonyl (C=O) groups excluding carboxylic acids is 1. The molecule has 0 radical (unpaired) electrons. The van der Waals surface area contributed by atoms with Crippen molar-refractivity contribution in [1.82, 2.24) is 4.98 Å². The fraction of sp³-hybridized carbons (Fsp3) is 0. The number of hydrogen-bond acceptors (Lipinski definition) is 2. The van der Waals surface area contributed by atoms with Gasteiger partial charge in [-0.15, -0.1) is 0 Å². The van der Waals surface area contributed by atoms with Crippen molar-refractivity contribution in [3.63, 3.8) is 0 Å². The first-order valence-corrected chi connectivity index (χ1v) is 3.93. The van der Waals surface area contributed by atoms with E-state index in [4.69, 9.17) is 0 Å². The van der Waals surface area contributed by atoms with Crippen molar-refractivity contribution in [2.45, 2.75) is 0 Å². The Kier molecular flexibility index (Phi) is 2.11. The molecule has 0 atom stereocenters. The fourth-order valence-corrected chi connectivity index (χ4v) is 1.29. The van der Waals surface area contributed by atoms with E-state index in [2.05, 4.69) is 9.93 Å². The van der Waals surface area contributed by atoms with Crippen LogP contribution < -0.4 is 0 Å². The highest BCUT2D eigenvalue weighted by Gasteiger charge is 2.15. The monoisotopic (exact) mass is 215 g/mol. The molecular formula is C9H4F3NO2. The van der Waals surface area contributed by atoms with Crippen molar-refractivity contribution in [2.75, 3.05) is 0 Å². The molecule has 0 fully saturated rings. The number of rotatable bonds is 1. The zero-order valence-corrected chi connectivity index (χ0v) is 7.18. The molecule has 78 valence electrons. The Bertz CT molecular complexity index is 535. The van der Waals surface area contributed by atoms with Gasteiger partial charge in [0, 0.05) is 15.4 Å². The molecule has 1 N–H and O–H groups in total. The maximum atomic E-state index is 13.1. The van der Waals surface area contributed by atoms with Crippen LogP contribution in [0.4, 0.5) is 13.3 Å². The van der Waals surface area contributed by atoms with Crippen LogP contribution in [0, 0.1) is 11.6 Å². The summed E-state index contributed by atoms with van der Waals surface area (Å²) in [7, 11) is 0. The second kappa shape index (κ2) is 3.30. The molecule has 15 heavy (non-hydrogen) atoms. The second-order valence-electron chi connectivity index (χ2n) is 2.87. The number of carbonyl (C=O) groups is 1. The Labute approximate surface area is 81.4 Å². The average Bonchev–Trinajstić information content (AvgIpc) is 2.67. The minimum Gasteiger partial charge on any atom is -0.349 e. The van der Waals surface area contributed by atoms with E-state index in [-0.39, 0.29) is 16.6 Å². The summed E-state index contributed by atoms with van der Waals surface area (Å²) in [5, 5.41) is -0.129. The van der Waals surface area contributed by atoms with Crippen LogP contribution in [0.3, 0.4) is 0 Å². The molecule has 1 heterocycles. The minimum atomic E-state index is -1.29. The van der Waals surface area contributed by atoms with Gasteiger partial charge in [-0.3, -0.25) is 0 Å². The number of halogens is 3. The fourth-order valence-electron chi connectivity index (χ4n) is 1.29. The predicted octanol–water partition coefficient (Wildman–Crippen LogP) is 2.49. The smallest absolute Gasteiger partial charge is 0.349 e. The lowest BCUT2D eigenvalue weighted by Crippen LogP contribution is -1.97. The summed E-state index contributed by atoms with van der Waals surface area (Å²) in [4.78, 5) is 16.1. The molecule has 6 heteroatoms. The molecule has 0 unspecified atom stereocenters. The summed E-state index contributed by atoms with van der Waals surface area (Å²) in [6.45, 7) is 0. The van der Waals surface area contributed by atoms with Crippen molar-refractivity contribution < 1.29 is 23.0 Å². The van der Waals surface area contributed by atoms with Crippen LogP contribution in [0.2, 0.25) is 0 Å². The van der Waals surface area contributed by atoms with Gasteiger partial charge in [0.25, 0.3) is 0 Å². The van der Waals surface area contributed by atoms with Crippen molar-refractivity contribution in [3.05, 3.63) is 35.5 Å². The molecule has 0 saturated carbocycles. The van der Waals surface area contributed by atoms with Crippen LogP contribution >= 0.6 is 0 Å². The van der Waals surface area contributed by atoms with E-state index >= 15 is 0 Å². The summed E-state index contributed by atoms with van der Waals surface area (Å²) >= 11 is 0. The lowest BCUT2D eigenvalue weighted by Gasteiger charge is -1.92. The molecule has 0 aliphatic rings. The normalized spacial score (nSPS) is 10.6. The van der Waals surface area contributed by atoms with E-state index in [1.807, 2.05) is 0 Å². The summed E-state index contributed by atoms with van der Waals surface area (Å²) in [5.74, 6) is -3.42. The third-order valence-corrected chi connectivity index (χ3v) is 1.98. The van der Waals surface area contributed by atoms with Crippen molar-refractivity contribution in [1.29, 1.82) is 0 Å². The number of fused-ring (bicyclic) bond motifs is 1. The topological polar surface area (TPSA) is 42.1 Å². The van der Waals surface area contributed by atoms with Crippen LogP contribution in [0.5, 0.6) is 0 Å². The lowest BCUT2D eigenvalue weighted by atomic mass is 10.2. The molecule has 0 amide bonds. The second-order valence-corrected chi connectivity index (χ2v) is 2.87. The van der Waals surface area contributed by atoms with Crippen molar-refractivity contribution in [3.8, 4) is 0 Å². The van der Waals surface area contributed by atoms with E-state index in [1.165, 1.54) is 6.07 Å².